The molecule has 3 amide bonds. The number of aryl methyl sites for hydroxylation is 1. The molecule has 4 heterocycles. The molecule has 1 N–H and O–H groups in total. The molecule has 0 bridgehead atoms. The second kappa shape index (κ2) is 14.9. The van der Waals surface area contributed by atoms with Crippen molar-refractivity contribution in [3.63, 3.8) is 0 Å². The molecule has 15 heteroatoms. The van der Waals surface area contributed by atoms with Gasteiger partial charge in [-0.2, -0.15) is 5.10 Å². The lowest BCUT2D eigenvalue weighted by atomic mass is 10.00. The molecule has 2 saturated heterocycles. The van der Waals surface area contributed by atoms with Crippen molar-refractivity contribution in [2.45, 2.75) is 39.3 Å². The van der Waals surface area contributed by atoms with Gasteiger partial charge >= 0.3 is 0 Å². The molecule has 0 radical (unpaired) electrons. The van der Waals surface area contributed by atoms with Gasteiger partial charge in [-0.05, 0) is 64.5 Å². The summed E-state index contributed by atoms with van der Waals surface area (Å²) in [6.07, 6.45) is 3.16. The third-order valence-corrected chi connectivity index (χ3v) is 10.2. The van der Waals surface area contributed by atoms with Gasteiger partial charge in [-0.3, -0.25) is 24.0 Å². The highest BCUT2D eigenvalue weighted by Crippen LogP contribution is 2.35. The zero-order chi connectivity index (χ0) is 36.6. The highest BCUT2D eigenvalue weighted by molar-refractivity contribution is 6.34. The fourth-order valence-electron chi connectivity index (χ4n) is 6.98. The number of benzene rings is 2. The SMILES string of the molecule is COCCn1nc(C)c(-c2ccc(-c3cnc(C(=O)Nc4ccc(C(=O)N5CCN(C(=O)[C@@H]6CCCN6C)CC5)c(Cl)c4)n3C)c(F)c2F)c1C. The Hall–Kier alpha value is -4.66. The lowest BCUT2D eigenvalue weighted by Crippen LogP contribution is -2.54. The predicted octanol–water partition coefficient (Wildman–Crippen LogP) is 4.78. The van der Waals surface area contributed by atoms with E-state index in [1.54, 1.807) is 42.7 Å². The highest BCUT2D eigenvalue weighted by Gasteiger charge is 2.34. The maximum absolute atomic E-state index is 15.6. The van der Waals surface area contributed by atoms with Crippen molar-refractivity contribution in [1.82, 2.24) is 34.0 Å². The number of aromatic nitrogens is 4. The Morgan fingerprint density at radius 1 is 0.980 bits per heavy atom. The Kier molecular flexibility index (Phi) is 10.6. The predicted molar refractivity (Wildman–Crippen MR) is 189 cm³/mol. The van der Waals surface area contributed by atoms with Gasteiger partial charge in [-0.15, -0.1) is 0 Å². The number of nitrogens with one attached hydrogen (secondary N) is 1. The van der Waals surface area contributed by atoms with Crippen LogP contribution < -0.4 is 5.32 Å². The normalized spacial score (nSPS) is 16.6. The van der Waals surface area contributed by atoms with Gasteiger partial charge in [0, 0.05) is 68.4 Å². The summed E-state index contributed by atoms with van der Waals surface area (Å²) in [4.78, 5) is 49.3. The van der Waals surface area contributed by atoms with E-state index in [1.165, 1.54) is 36.0 Å². The number of carbonyl (C=O) groups is 3. The molecule has 0 saturated carbocycles. The van der Waals surface area contributed by atoms with E-state index >= 15 is 8.78 Å². The number of ether oxygens (including phenoxy) is 1. The highest BCUT2D eigenvalue weighted by atomic mass is 35.5. The second-order valence-corrected chi connectivity index (χ2v) is 13.4. The van der Waals surface area contributed by atoms with E-state index in [-0.39, 0.29) is 51.1 Å². The van der Waals surface area contributed by atoms with Gasteiger partial charge in [0.05, 0.1) is 47.4 Å². The topological polar surface area (TPSA) is 118 Å². The Balaban J connectivity index is 1.12. The molecule has 2 fully saturated rings. The molecule has 2 aromatic heterocycles. The lowest BCUT2D eigenvalue weighted by Gasteiger charge is -2.37. The summed E-state index contributed by atoms with van der Waals surface area (Å²) in [7, 11) is 5.08. The molecule has 0 aliphatic carbocycles. The van der Waals surface area contributed by atoms with Crippen LogP contribution in [-0.4, -0.2) is 111 Å². The number of anilines is 1. The molecule has 4 aromatic rings. The van der Waals surface area contributed by atoms with Crippen molar-refractivity contribution < 1.29 is 27.9 Å². The van der Waals surface area contributed by atoms with Gasteiger partial charge < -0.3 is 24.4 Å². The number of likely N-dealkylation sites (tertiary alicyclic amines) is 1. The quantitative estimate of drug-likeness (QED) is 0.265. The summed E-state index contributed by atoms with van der Waals surface area (Å²) >= 11 is 6.52. The Morgan fingerprint density at radius 3 is 2.33 bits per heavy atom. The molecular weight excluding hydrogens is 682 g/mol. The van der Waals surface area contributed by atoms with Crippen LogP contribution in [0, 0.1) is 25.5 Å². The van der Waals surface area contributed by atoms with Crippen LogP contribution in [0.15, 0.2) is 36.5 Å². The molecule has 2 aromatic carbocycles. The molecule has 2 aliphatic rings. The Bertz CT molecular complexity index is 1990. The van der Waals surface area contributed by atoms with E-state index in [4.69, 9.17) is 16.3 Å². The fraction of sp³-hybridized carbons (Fsp3) is 0.417. The minimum absolute atomic E-state index is 0.0486. The van der Waals surface area contributed by atoms with Crippen LogP contribution in [0.25, 0.3) is 22.4 Å². The van der Waals surface area contributed by atoms with Crippen LogP contribution >= 0.6 is 11.6 Å². The number of hydrogen-bond acceptors (Lipinski definition) is 7. The average Bonchev–Trinajstić information content (AvgIpc) is 3.80. The number of hydrogen-bond donors (Lipinski definition) is 1. The average molecular weight is 723 g/mol. The van der Waals surface area contributed by atoms with Crippen LogP contribution in [0.4, 0.5) is 14.5 Å². The van der Waals surface area contributed by atoms with Crippen LogP contribution in [0.1, 0.15) is 45.2 Å². The molecule has 2 aliphatic heterocycles. The summed E-state index contributed by atoms with van der Waals surface area (Å²) in [6.45, 7) is 7.03. The minimum atomic E-state index is -1.08. The van der Waals surface area contributed by atoms with Crippen molar-refractivity contribution >= 4 is 35.0 Å². The van der Waals surface area contributed by atoms with E-state index in [9.17, 15) is 14.4 Å². The first kappa shape index (κ1) is 36.1. The Morgan fingerprint density at radius 2 is 1.67 bits per heavy atom. The number of piperazine rings is 1. The van der Waals surface area contributed by atoms with Crippen LogP contribution in [0.5, 0.6) is 0 Å². The van der Waals surface area contributed by atoms with Crippen LogP contribution in [-0.2, 0) is 23.1 Å². The summed E-state index contributed by atoms with van der Waals surface area (Å²) in [5, 5.41) is 7.33. The van der Waals surface area contributed by atoms with E-state index in [0.29, 0.717) is 62.0 Å². The first-order chi connectivity index (χ1) is 24.4. The van der Waals surface area contributed by atoms with E-state index < -0.39 is 17.5 Å². The third-order valence-electron chi connectivity index (χ3n) is 9.85. The molecule has 0 unspecified atom stereocenters. The number of amides is 3. The monoisotopic (exact) mass is 722 g/mol. The van der Waals surface area contributed by atoms with Crippen molar-refractivity contribution in [1.29, 1.82) is 0 Å². The van der Waals surface area contributed by atoms with Crippen LogP contribution in [0.3, 0.4) is 0 Å². The fourth-order valence-corrected chi connectivity index (χ4v) is 7.24. The zero-order valence-corrected chi connectivity index (χ0v) is 30.1. The standard InChI is InChI=1S/C36H41ClF2N8O4/c1-21-30(22(2)47(42-21)17-18-51-5)26-11-10-25(31(38)32(26)39)29-20-40-33(44(29)4)34(48)41-23-8-9-24(27(37)19-23)35(49)45-13-15-46(16-14-45)36(50)28-7-6-12-43(28)3/h8-11,19-20,28H,6-7,12-18H2,1-5H3,(H,41,48)/t28-/m0/s1. The number of likely N-dealkylation sites (N-methyl/N-ethyl adjacent to an activating group) is 1. The third kappa shape index (κ3) is 7.00. The van der Waals surface area contributed by atoms with Gasteiger partial charge in [0.25, 0.3) is 11.8 Å². The molecule has 51 heavy (non-hydrogen) atoms. The number of nitrogens with zero attached hydrogens (tertiary/aromatic N) is 7. The number of carbonyl (C=O) groups excluding carboxylic acids is 3. The maximum atomic E-state index is 15.6. The van der Waals surface area contributed by atoms with E-state index in [1.807, 2.05) is 11.9 Å². The first-order valence-corrected chi connectivity index (χ1v) is 17.2. The van der Waals surface area contributed by atoms with Gasteiger partial charge in [0.2, 0.25) is 5.91 Å². The summed E-state index contributed by atoms with van der Waals surface area (Å²) in [6, 6.07) is 7.43. The molecule has 6 rings (SSSR count). The number of halogens is 3. The minimum Gasteiger partial charge on any atom is -0.383 e. The zero-order valence-electron chi connectivity index (χ0n) is 29.3. The van der Waals surface area contributed by atoms with Crippen molar-refractivity contribution in [3.8, 4) is 22.4 Å². The molecule has 12 nitrogen and oxygen atoms in total. The first-order valence-electron chi connectivity index (χ1n) is 16.8. The summed E-state index contributed by atoms with van der Waals surface area (Å²) in [5.74, 6) is -2.92. The van der Waals surface area contributed by atoms with Crippen molar-refractivity contribution in [2.75, 3.05) is 58.8 Å². The molecule has 270 valence electrons. The smallest absolute Gasteiger partial charge is 0.291 e. The van der Waals surface area contributed by atoms with E-state index in [2.05, 4.69) is 20.3 Å². The Labute approximate surface area is 299 Å². The molecule has 1 atom stereocenters. The van der Waals surface area contributed by atoms with Gasteiger partial charge in [-0.1, -0.05) is 17.7 Å². The molecule has 0 spiro atoms. The number of rotatable bonds is 9. The summed E-state index contributed by atoms with van der Waals surface area (Å²) < 4.78 is 39.4. The largest absolute Gasteiger partial charge is 0.383 e. The summed E-state index contributed by atoms with van der Waals surface area (Å²) in [5.41, 5.74) is 2.57. The van der Waals surface area contributed by atoms with Crippen molar-refractivity contribution in [3.05, 3.63) is 76.0 Å². The van der Waals surface area contributed by atoms with Gasteiger partial charge in [-0.25, -0.2) is 13.8 Å². The van der Waals surface area contributed by atoms with Gasteiger partial charge in [0.1, 0.15) is 0 Å². The maximum Gasteiger partial charge on any atom is 0.291 e. The van der Waals surface area contributed by atoms with Crippen LogP contribution in [0.2, 0.25) is 5.02 Å². The number of imidazole rings is 1. The van der Waals surface area contributed by atoms with Crippen molar-refractivity contribution in [2.24, 2.45) is 7.05 Å². The second-order valence-electron chi connectivity index (χ2n) is 13.0. The molecular formula is C36H41ClF2N8O4. The van der Waals surface area contributed by atoms with E-state index in [0.717, 1.165) is 19.4 Å². The number of methoxy groups -OCH3 is 1. The lowest BCUT2D eigenvalue weighted by molar-refractivity contribution is -0.137. The van der Waals surface area contributed by atoms with Gasteiger partial charge in [0.15, 0.2) is 17.5 Å².